The maximum absolute atomic E-state index is 5.40. The summed E-state index contributed by atoms with van der Waals surface area (Å²) in [5.74, 6) is 3.10. The van der Waals surface area contributed by atoms with Crippen LogP contribution < -0.4 is 14.8 Å². The van der Waals surface area contributed by atoms with Gasteiger partial charge in [0.15, 0.2) is 17.3 Å². The van der Waals surface area contributed by atoms with E-state index in [1.807, 2.05) is 42.5 Å². The molecular formula is C23H23N3O2S. The molecule has 29 heavy (non-hydrogen) atoms. The highest BCUT2D eigenvalue weighted by molar-refractivity contribution is 7.18. The van der Waals surface area contributed by atoms with Crippen LogP contribution >= 0.6 is 11.3 Å². The average Bonchev–Trinajstić information content (AvgIpc) is 3.14. The minimum atomic E-state index is 0.739. The van der Waals surface area contributed by atoms with Gasteiger partial charge in [-0.3, -0.25) is 0 Å². The zero-order valence-corrected chi connectivity index (χ0v) is 17.5. The Morgan fingerprint density at radius 1 is 0.931 bits per heavy atom. The van der Waals surface area contributed by atoms with Crippen molar-refractivity contribution in [2.45, 2.75) is 13.3 Å². The Kier molecular flexibility index (Phi) is 5.62. The number of fused-ring (bicyclic) bond motifs is 1. The average molecular weight is 406 g/mol. The summed E-state index contributed by atoms with van der Waals surface area (Å²) in [4.78, 5) is 11.8. The van der Waals surface area contributed by atoms with Gasteiger partial charge in [0.05, 0.1) is 19.6 Å². The van der Waals surface area contributed by atoms with E-state index in [1.54, 1.807) is 25.6 Å². The van der Waals surface area contributed by atoms with Crippen LogP contribution in [0.2, 0.25) is 0 Å². The van der Waals surface area contributed by atoms with E-state index in [1.165, 1.54) is 10.4 Å². The van der Waals surface area contributed by atoms with Crippen molar-refractivity contribution in [3.8, 4) is 22.9 Å². The number of methoxy groups -OCH3 is 2. The highest BCUT2D eigenvalue weighted by atomic mass is 32.1. The largest absolute Gasteiger partial charge is 0.493 e. The topological polar surface area (TPSA) is 56.3 Å². The number of anilines is 1. The number of hydrogen-bond acceptors (Lipinski definition) is 6. The summed E-state index contributed by atoms with van der Waals surface area (Å²) in [6, 6.07) is 18.2. The van der Waals surface area contributed by atoms with Crippen LogP contribution in [0.1, 0.15) is 10.4 Å². The number of hydrogen-bond donors (Lipinski definition) is 1. The number of benzene rings is 2. The van der Waals surface area contributed by atoms with Gasteiger partial charge in [0, 0.05) is 17.0 Å². The molecule has 0 radical (unpaired) electrons. The van der Waals surface area contributed by atoms with Gasteiger partial charge < -0.3 is 14.8 Å². The summed E-state index contributed by atoms with van der Waals surface area (Å²) in [6.07, 6.45) is 0.843. The first kappa shape index (κ1) is 19.2. The third-order valence-electron chi connectivity index (χ3n) is 4.70. The van der Waals surface area contributed by atoms with Gasteiger partial charge in [0.25, 0.3) is 0 Å². The maximum atomic E-state index is 5.40. The molecule has 0 atom stereocenters. The molecule has 0 aliphatic heterocycles. The molecular weight excluding hydrogens is 382 g/mol. The Hall–Kier alpha value is -3.12. The highest BCUT2D eigenvalue weighted by Crippen LogP contribution is 2.31. The van der Waals surface area contributed by atoms with Crippen LogP contribution in [0.4, 0.5) is 5.82 Å². The Labute approximate surface area is 174 Å². The van der Waals surface area contributed by atoms with Crippen molar-refractivity contribution in [1.29, 1.82) is 0 Å². The molecule has 2 heterocycles. The summed E-state index contributed by atoms with van der Waals surface area (Å²) < 4.78 is 10.7. The lowest BCUT2D eigenvalue weighted by Gasteiger charge is -2.11. The molecule has 0 fully saturated rings. The van der Waals surface area contributed by atoms with E-state index in [0.717, 1.165) is 51.9 Å². The number of aromatic nitrogens is 2. The molecule has 0 saturated carbocycles. The van der Waals surface area contributed by atoms with Crippen LogP contribution in [-0.2, 0) is 6.42 Å². The van der Waals surface area contributed by atoms with Gasteiger partial charge in [-0.2, -0.15) is 0 Å². The molecule has 0 amide bonds. The fraction of sp³-hybridized carbons (Fsp3) is 0.217. The molecule has 0 bridgehead atoms. The van der Waals surface area contributed by atoms with E-state index >= 15 is 0 Å². The van der Waals surface area contributed by atoms with Gasteiger partial charge in [-0.25, -0.2) is 9.97 Å². The van der Waals surface area contributed by atoms with Crippen molar-refractivity contribution in [3.05, 3.63) is 65.0 Å². The van der Waals surface area contributed by atoms with Crippen LogP contribution in [0.25, 0.3) is 21.6 Å². The normalized spacial score (nSPS) is 10.9. The monoisotopic (exact) mass is 405 g/mol. The SMILES string of the molecule is COc1ccc(CCNc2nc(-c3ccccc3)nc3sc(C)cc23)cc1OC. The van der Waals surface area contributed by atoms with E-state index in [2.05, 4.69) is 24.4 Å². The van der Waals surface area contributed by atoms with Gasteiger partial charge in [-0.05, 0) is 37.1 Å². The lowest BCUT2D eigenvalue weighted by atomic mass is 10.1. The molecule has 1 N–H and O–H groups in total. The number of ether oxygens (including phenoxy) is 2. The number of aryl methyl sites for hydroxylation is 1. The summed E-state index contributed by atoms with van der Waals surface area (Å²) >= 11 is 1.69. The first-order valence-corrected chi connectivity index (χ1v) is 10.3. The second-order valence-corrected chi connectivity index (χ2v) is 7.94. The molecule has 4 aromatic rings. The zero-order chi connectivity index (χ0) is 20.2. The molecule has 0 saturated heterocycles. The Morgan fingerprint density at radius 2 is 1.72 bits per heavy atom. The lowest BCUT2D eigenvalue weighted by Crippen LogP contribution is -2.08. The molecule has 5 nitrogen and oxygen atoms in total. The first-order chi connectivity index (χ1) is 14.2. The van der Waals surface area contributed by atoms with E-state index in [-0.39, 0.29) is 0 Å². The van der Waals surface area contributed by atoms with E-state index in [0.29, 0.717) is 0 Å². The first-order valence-electron chi connectivity index (χ1n) is 9.46. The van der Waals surface area contributed by atoms with Gasteiger partial charge in [-0.1, -0.05) is 36.4 Å². The fourth-order valence-corrected chi connectivity index (χ4v) is 4.13. The number of nitrogens with zero attached hydrogens (tertiary/aromatic N) is 2. The van der Waals surface area contributed by atoms with Crippen LogP contribution in [0, 0.1) is 6.92 Å². The third kappa shape index (κ3) is 4.17. The minimum Gasteiger partial charge on any atom is -0.493 e. The molecule has 148 valence electrons. The van der Waals surface area contributed by atoms with E-state index < -0.39 is 0 Å². The van der Waals surface area contributed by atoms with Gasteiger partial charge in [-0.15, -0.1) is 11.3 Å². The summed E-state index contributed by atoms with van der Waals surface area (Å²) in [5, 5.41) is 4.58. The molecule has 0 unspecified atom stereocenters. The Balaban J connectivity index is 1.57. The molecule has 0 aliphatic rings. The van der Waals surface area contributed by atoms with E-state index in [4.69, 9.17) is 19.4 Å². The molecule has 0 aliphatic carbocycles. The summed E-state index contributed by atoms with van der Waals surface area (Å²) in [5.41, 5.74) is 2.19. The standard InChI is InChI=1S/C23H23N3O2S/c1-15-13-18-22(24-12-11-16-9-10-19(27-2)20(14-16)28-3)25-21(26-23(18)29-15)17-7-5-4-6-8-17/h4-10,13-14H,11-12H2,1-3H3,(H,24,25,26). The van der Waals surface area contributed by atoms with Crippen LogP contribution in [0.3, 0.4) is 0 Å². The molecule has 2 aromatic heterocycles. The number of nitrogens with one attached hydrogen (secondary N) is 1. The quantitative estimate of drug-likeness (QED) is 0.450. The van der Waals surface area contributed by atoms with Crippen molar-refractivity contribution >= 4 is 27.4 Å². The van der Waals surface area contributed by atoms with Gasteiger partial charge in [0.1, 0.15) is 10.6 Å². The zero-order valence-electron chi connectivity index (χ0n) is 16.7. The summed E-state index contributed by atoms with van der Waals surface area (Å²) in [7, 11) is 3.30. The second-order valence-electron chi connectivity index (χ2n) is 6.70. The third-order valence-corrected chi connectivity index (χ3v) is 5.65. The van der Waals surface area contributed by atoms with Crippen LogP contribution in [0.15, 0.2) is 54.6 Å². The number of rotatable bonds is 7. The van der Waals surface area contributed by atoms with Crippen molar-refractivity contribution in [2.24, 2.45) is 0 Å². The van der Waals surface area contributed by atoms with Gasteiger partial charge in [0.2, 0.25) is 0 Å². The predicted molar refractivity (Wildman–Crippen MR) is 119 cm³/mol. The van der Waals surface area contributed by atoms with Crippen molar-refractivity contribution in [3.63, 3.8) is 0 Å². The van der Waals surface area contributed by atoms with Gasteiger partial charge >= 0.3 is 0 Å². The van der Waals surface area contributed by atoms with E-state index in [9.17, 15) is 0 Å². The molecule has 6 heteroatoms. The highest BCUT2D eigenvalue weighted by Gasteiger charge is 2.12. The molecule has 0 spiro atoms. The maximum Gasteiger partial charge on any atom is 0.163 e. The Bertz CT molecular complexity index is 1130. The smallest absolute Gasteiger partial charge is 0.163 e. The fourth-order valence-electron chi connectivity index (χ4n) is 3.25. The van der Waals surface area contributed by atoms with Crippen molar-refractivity contribution in [1.82, 2.24) is 9.97 Å². The molecule has 2 aromatic carbocycles. The summed E-state index contributed by atoms with van der Waals surface area (Å²) in [6.45, 7) is 2.85. The van der Waals surface area contributed by atoms with Crippen LogP contribution in [0.5, 0.6) is 11.5 Å². The van der Waals surface area contributed by atoms with Crippen LogP contribution in [-0.4, -0.2) is 30.7 Å². The predicted octanol–water partition coefficient (Wildman–Crippen LogP) is 5.34. The van der Waals surface area contributed by atoms with Crippen molar-refractivity contribution < 1.29 is 9.47 Å². The molecule has 4 rings (SSSR count). The number of thiophene rings is 1. The second kappa shape index (κ2) is 8.49. The minimum absolute atomic E-state index is 0.739. The van der Waals surface area contributed by atoms with Crippen molar-refractivity contribution in [2.75, 3.05) is 26.1 Å². The Morgan fingerprint density at radius 3 is 2.48 bits per heavy atom. The lowest BCUT2D eigenvalue weighted by molar-refractivity contribution is 0.354.